The first-order valence-corrected chi connectivity index (χ1v) is 19.4. The fourth-order valence-electron chi connectivity index (χ4n) is 7.84. The van der Waals surface area contributed by atoms with Crippen LogP contribution in [0, 0.1) is 23.7 Å². The molecule has 2 aliphatic rings. The molecular formula is C42H54N8O6. The molecule has 56 heavy (non-hydrogen) atoms. The lowest BCUT2D eigenvalue weighted by Gasteiger charge is -2.30. The number of likely N-dealkylation sites (tertiary alicyclic amines) is 2. The molecule has 4 heterocycles. The highest BCUT2D eigenvalue weighted by Crippen LogP contribution is 2.38. The lowest BCUT2D eigenvalue weighted by atomic mass is 10.0. The van der Waals surface area contributed by atoms with Gasteiger partial charge in [0.15, 0.2) is 0 Å². The molecule has 298 valence electrons. The molecule has 2 fully saturated rings. The fourth-order valence-corrected chi connectivity index (χ4v) is 7.84. The molecule has 6 rings (SSSR count). The zero-order chi connectivity index (χ0) is 40.3. The van der Waals surface area contributed by atoms with Crippen LogP contribution in [0.1, 0.15) is 78.1 Å². The number of benzene rings is 2. The number of H-pyrrole nitrogens is 2. The third-order valence-corrected chi connectivity index (χ3v) is 10.9. The molecule has 0 aliphatic carbocycles. The molecule has 6 atom stereocenters. The molecule has 2 saturated heterocycles. The Bertz CT molecular complexity index is 1860. The SMILES string of the molecule is COC(=O)N[C@H](C(=O)N1C[C@H](C)C[C@H]1c1ncc(-c2ccc(-c3ccc(-c4cnc([C@@H]5C[C@@H](C)CN5C(=O)[C@@H](NC(=O)OC)C(C)C)[nH]4)cc3)cc2)[nH]1)C(C)C. The number of carbonyl (C=O) groups excluding carboxylic acids is 4. The average molecular weight is 767 g/mol. The number of methoxy groups -OCH3 is 2. The van der Waals surface area contributed by atoms with Gasteiger partial charge < -0.3 is 39.9 Å². The Hall–Kier alpha value is -5.66. The summed E-state index contributed by atoms with van der Waals surface area (Å²) in [6.45, 7) is 13.0. The minimum absolute atomic E-state index is 0.114. The largest absolute Gasteiger partial charge is 0.453 e. The Kier molecular flexibility index (Phi) is 12.2. The van der Waals surface area contributed by atoms with E-state index in [1.807, 2.05) is 37.5 Å². The van der Waals surface area contributed by atoms with Crippen molar-refractivity contribution in [2.75, 3.05) is 27.3 Å². The highest BCUT2D eigenvalue weighted by Gasteiger charge is 2.41. The number of ether oxygens (including phenoxy) is 2. The summed E-state index contributed by atoms with van der Waals surface area (Å²) in [7, 11) is 2.58. The highest BCUT2D eigenvalue weighted by molar-refractivity contribution is 5.87. The molecule has 2 aromatic heterocycles. The van der Waals surface area contributed by atoms with Gasteiger partial charge in [-0.1, -0.05) is 90.1 Å². The van der Waals surface area contributed by atoms with E-state index in [1.165, 1.54) is 14.2 Å². The smallest absolute Gasteiger partial charge is 0.407 e. The second kappa shape index (κ2) is 17.0. The van der Waals surface area contributed by atoms with Crippen molar-refractivity contribution in [2.45, 2.75) is 78.6 Å². The van der Waals surface area contributed by atoms with Gasteiger partial charge in [-0.3, -0.25) is 9.59 Å². The third kappa shape index (κ3) is 8.58. The van der Waals surface area contributed by atoms with E-state index in [9.17, 15) is 19.2 Å². The van der Waals surface area contributed by atoms with Gasteiger partial charge in [0, 0.05) is 13.1 Å². The zero-order valence-electron chi connectivity index (χ0n) is 33.5. The number of hydrogen-bond donors (Lipinski definition) is 4. The van der Waals surface area contributed by atoms with Gasteiger partial charge >= 0.3 is 12.2 Å². The van der Waals surface area contributed by atoms with Crippen molar-refractivity contribution in [3.63, 3.8) is 0 Å². The lowest BCUT2D eigenvalue weighted by molar-refractivity contribution is -0.136. The van der Waals surface area contributed by atoms with Gasteiger partial charge in [-0.15, -0.1) is 0 Å². The summed E-state index contributed by atoms with van der Waals surface area (Å²) in [5.41, 5.74) is 5.76. The Labute approximate surface area is 328 Å². The normalized spacial score (nSPS) is 20.6. The minimum Gasteiger partial charge on any atom is -0.453 e. The van der Waals surface area contributed by atoms with E-state index in [4.69, 9.17) is 19.4 Å². The maximum absolute atomic E-state index is 13.7. The van der Waals surface area contributed by atoms with Crippen LogP contribution in [-0.2, 0) is 19.1 Å². The topological polar surface area (TPSA) is 175 Å². The van der Waals surface area contributed by atoms with Crippen molar-refractivity contribution in [1.29, 1.82) is 0 Å². The molecule has 4 N–H and O–H groups in total. The third-order valence-electron chi connectivity index (χ3n) is 10.9. The summed E-state index contributed by atoms with van der Waals surface area (Å²) < 4.78 is 9.55. The second-order valence-electron chi connectivity index (χ2n) is 15.9. The summed E-state index contributed by atoms with van der Waals surface area (Å²) >= 11 is 0. The van der Waals surface area contributed by atoms with E-state index >= 15 is 0 Å². The first kappa shape index (κ1) is 40.0. The molecule has 0 saturated carbocycles. The Morgan fingerprint density at radius 1 is 0.625 bits per heavy atom. The predicted octanol–water partition coefficient (Wildman–Crippen LogP) is 6.71. The Morgan fingerprint density at radius 2 is 0.964 bits per heavy atom. The number of carbonyl (C=O) groups is 4. The van der Waals surface area contributed by atoms with Gasteiger partial charge in [-0.25, -0.2) is 19.6 Å². The summed E-state index contributed by atoms with van der Waals surface area (Å²) in [6, 6.07) is 14.6. The van der Waals surface area contributed by atoms with Gasteiger partial charge in [0.05, 0.1) is 50.1 Å². The molecule has 4 amide bonds. The average Bonchev–Trinajstić information content (AvgIpc) is 4.02. The van der Waals surface area contributed by atoms with E-state index in [1.54, 1.807) is 12.4 Å². The molecule has 4 aromatic rings. The van der Waals surface area contributed by atoms with Crippen molar-refractivity contribution in [1.82, 2.24) is 40.4 Å². The van der Waals surface area contributed by atoms with Gasteiger partial charge in [0.1, 0.15) is 23.7 Å². The Morgan fingerprint density at radius 3 is 1.29 bits per heavy atom. The van der Waals surface area contributed by atoms with Crippen LogP contribution >= 0.6 is 0 Å². The quantitative estimate of drug-likeness (QED) is 0.130. The molecule has 0 spiro atoms. The number of aromatic amines is 2. The molecule has 2 aromatic carbocycles. The van der Waals surface area contributed by atoms with Crippen molar-refractivity contribution < 1.29 is 28.7 Å². The van der Waals surface area contributed by atoms with E-state index < -0.39 is 24.3 Å². The lowest BCUT2D eigenvalue weighted by Crippen LogP contribution is -2.51. The van der Waals surface area contributed by atoms with E-state index in [0.29, 0.717) is 13.1 Å². The number of nitrogens with zero attached hydrogens (tertiary/aromatic N) is 4. The van der Waals surface area contributed by atoms with Gasteiger partial charge in [0.25, 0.3) is 0 Å². The first-order chi connectivity index (χ1) is 26.8. The maximum atomic E-state index is 13.7. The number of rotatable bonds is 11. The zero-order valence-corrected chi connectivity index (χ0v) is 33.5. The number of hydrogen-bond acceptors (Lipinski definition) is 8. The van der Waals surface area contributed by atoms with Crippen LogP contribution < -0.4 is 10.6 Å². The van der Waals surface area contributed by atoms with Crippen molar-refractivity contribution in [3.8, 4) is 33.6 Å². The van der Waals surface area contributed by atoms with Crippen molar-refractivity contribution in [2.24, 2.45) is 23.7 Å². The number of aromatic nitrogens is 4. The van der Waals surface area contributed by atoms with Crippen LogP contribution in [0.3, 0.4) is 0 Å². The van der Waals surface area contributed by atoms with Gasteiger partial charge in [0.2, 0.25) is 11.8 Å². The second-order valence-corrected chi connectivity index (χ2v) is 15.9. The van der Waals surface area contributed by atoms with Crippen LogP contribution in [-0.4, -0.2) is 93.1 Å². The molecular weight excluding hydrogens is 713 g/mol. The molecule has 14 heteroatoms. The van der Waals surface area contributed by atoms with Crippen molar-refractivity contribution >= 4 is 24.0 Å². The molecule has 14 nitrogen and oxygen atoms in total. The fraction of sp³-hybridized carbons (Fsp3) is 0.476. The van der Waals surface area contributed by atoms with Gasteiger partial charge in [-0.2, -0.15) is 0 Å². The maximum Gasteiger partial charge on any atom is 0.407 e. The number of amides is 4. The number of nitrogens with one attached hydrogen (secondary N) is 4. The van der Waals surface area contributed by atoms with Crippen LogP contribution in [0.25, 0.3) is 33.6 Å². The first-order valence-electron chi connectivity index (χ1n) is 19.4. The molecule has 0 bridgehead atoms. The van der Waals surface area contributed by atoms with Crippen LogP contribution in [0.5, 0.6) is 0 Å². The number of imidazole rings is 2. The van der Waals surface area contributed by atoms with E-state index in [2.05, 4.69) is 83.0 Å². The molecule has 2 aliphatic heterocycles. The van der Waals surface area contributed by atoms with Crippen LogP contribution in [0.15, 0.2) is 60.9 Å². The van der Waals surface area contributed by atoms with E-state index in [-0.39, 0.29) is 47.6 Å². The highest BCUT2D eigenvalue weighted by atomic mass is 16.5. The van der Waals surface area contributed by atoms with Crippen LogP contribution in [0.2, 0.25) is 0 Å². The van der Waals surface area contributed by atoms with Crippen LogP contribution in [0.4, 0.5) is 9.59 Å². The standard InChI is InChI=1S/C42H54N8O6/c1-23(2)35(47-41(53)55-7)39(51)49-21-25(5)17-33(49)37-43-19-31(45-37)29-13-9-27(10-14-29)28-11-15-30(16-12-28)32-20-44-38(46-32)34-18-26(6)22-50(34)40(52)36(24(3)4)48-42(54)56-8/h9-16,19-20,23-26,33-36H,17-18,21-22H2,1-8H3,(H,43,45)(H,44,46)(H,47,53)(H,48,54)/t25-,26-,33+,34+,35+,36+/m1/s1. The number of alkyl carbamates (subject to hydrolysis) is 2. The summed E-state index contributed by atoms with van der Waals surface area (Å²) in [5.74, 6) is 1.48. The minimum atomic E-state index is -0.700. The monoisotopic (exact) mass is 766 g/mol. The molecule has 0 unspecified atom stereocenters. The summed E-state index contributed by atoms with van der Waals surface area (Å²) in [6.07, 6.45) is 3.89. The molecule has 0 radical (unpaired) electrons. The van der Waals surface area contributed by atoms with Gasteiger partial charge in [-0.05, 0) is 58.8 Å². The predicted molar refractivity (Wildman–Crippen MR) is 212 cm³/mol. The summed E-state index contributed by atoms with van der Waals surface area (Å²) in [4.78, 5) is 71.3. The summed E-state index contributed by atoms with van der Waals surface area (Å²) in [5, 5.41) is 5.42. The van der Waals surface area contributed by atoms with E-state index in [0.717, 1.165) is 58.1 Å². The Balaban J connectivity index is 1.13. The van der Waals surface area contributed by atoms with Crippen molar-refractivity contribution in [3.05, 3.63) is 72.6 Å².